The summed E-state index contributed by atoms with van der Waals surface area (Å²) >= 11 is 0. The lowest BCUT2D eigenvalue weighted by atomic mass is 10.1. The molecule has 2 aromatic heterocycles. The smallest absolute Gasteiger partial charge is 0.359 e. The fourth-order valence-corrected chi connectivity index (χ4v) is 3.96. The van der Waals surface area contributed by atoms with Gasteiger partial charge in [-0.15, -0.1) is 0 Å². The Bertz CT molecular complexity index is 1400. The number of aromatic nitrogens is 4. The molecule has 10 nitrogen and oxygen atoms in total. The van der Waals surface area contributed by atoms with Gasteiger partial charge in [0.25, 0.3) is 5.56 Å². The van der Waals surface area contributed by atoms with Gasteiger partial charge in [-0.25, -0.2) is 18.7 Å². The van der Waals surface area contributed by atoms with Crippen molar-refractivity contribution in [3.05, 3.63) is 73.4 Å². The lowest BCUT2D eigenvalue weighted by Crippen LogP contribution is -2.43. The van der Waals surface area contributed by atoms with Crippen LogP contribution in [0.25, 0.3) is 5.69 Å². The number of benzene rings is 1. The van der Waals surface area contributed by atoms with Crippen molar-refractivity contribution >= 4 is 17.6 Å². The van der Waals surface area contributed by atoms with E-state index in [0.29, 0.717) is 24.1 Å². The molecule has 0 saturated carbocycles. The van der Waals surface area contributed by atoms with Gasteiger partial charge in [-0.05, 0) is 50.5 Å². The number of esters is 1. The number of ether oxygens (including phenoxy) is 1. The molecule has 33 heavy (non-hydrogen) atoms. The third kappa shape index (κ3) is 3.65. The van der Waals surface area contributed by atoms with E-state index in [0.717, 1.165) is 21.2 Å². The predicted molar refractivity (Wildman–Crippen MR) is 116 cm³/mol. The van der Waals surface area contributed by atoms with Gasteiger partial charge in [0.2, 0.25) is 5.78 Å². The Balaban J connectivity index is 1.64. The molecule has 11 heteroatoms. The van der Waals surface area contributed by atoms with Gasteiger partial charge in [-0.2, -0.15) is 5.10 Å². The Kier molecular flexibility index (Phi) is 5.48. The van der Waals surface area contributed by atoms with Crippen molar-refractivity contribution < 1.29 is 18.7 Å². The minimum absolute atomic E-state index is 0.0628. The Morgan fingerprint density at radius 1 is 1.12 bits per heavy atom. The van der Waals surface area contributed by atoms with Crippen LogP contribution in [0.4, 0.5) is 10.2 Å². The first-order valence-electron chi connectivity index (χ1n) is 10.3. The molecule has 2 N–H and O–H groups in total. The van der Waals surface area contributed by atoms with Crippen molar-refractivity contribution in [3.63, 3.8) is 0 Å². The van der Waals surface area contributed by atoms with Gasteiger partial charge < -0.3 is 10.5 Å². The first-order valence-corrected chi connectivity index (χ1v) is 10.3. The monoisotopic (exact) mass is 455 g/mol. The van der Waals surface area contributed by atoms with E-state index in [1.807, 2.05) is 0 Å². The molecular weight excluding hydrogens is 433 g/mol. The fraction of sp³-hybridized carbons (Fsp3) is 0.318. The number of nitrogen functional groups attached to an aromatic ring is 1. The number of carbonyl (C=O) groups is 2. The summed E-state index contributed by atoms with van der Waals surface area (Å²) in [6.07, 6.45) is 0.760. The molecule has 0 spiro atoms. The number of halogens is 1. The van der Waals surface area contributed by atoms with Crippen LogP contribution in [0, 0.1) is 5.82 Å². The zero-order valence-corrected chi connectivity index (χ0v) is 18.3. The number of fused-ring (bicyclic) bond motifs is 1. The molecule has 1 atom stereocenters. The largest absolute Gasteiger partial charge is 0.449 e. The predicted octanol–water partition coefficient (Wildman–Crippen LogP) is 0.908. The summed E-state index contributed by atoms with van der Waals surface area (Å²) < 4.78 is 22.0. The number of hydrogen-bond acceptors (Lipinski definition) is 7. The molecule has 0 amide bonds. The Hall–Kier alpha value is -4.02. The summed E-state index contributed by atoms with van der Waals surface area (Å²) in [4.78, 5) is 50.3. The van der Waals surface area contributed by atoms with Crippen LogP contribution in [0.15, 0.2) is 33.9 Å². The van der Waals surface area contributed by atoms with Crippen LogP contribution in [0.2, 0.25) is 0 Å². The third-order valence-electron chi connectivity index (χ3n) is 5.80. The number of ketones is 1. The molecule has 4 rings (SSSR count). The second kappa shape index (κ2) is 8.15. The number of nitrogens with two attached hydrogens (primary N) is 1. The van der Waals surface area contributed by atoms with E-state index in [2.05, 4.69) is 5.10 Å². The van der Waals surface area contributed by atoms with Crippen molar-refractivity contribution in [1.29, 1.82) is 0 Å². The second-order valence-electron chi connectivity index (χ2n) is 7.89. The number of nitrogens with zero attached hydrogens (tertiary/aromatic N) is 4. The summed E-state index contributed by atoms with van der Waals surface area (Å²) in [5.74, 6) is -2.35. The van der Waals surface area contributed by atoms with Crippen molar-refractivity contribution in [1.82, 2.24) is 18.9 Å². The molecule has 3 aromatic rings. The van der Waals surface area contributed by atoms with Crippen molar-refractivity contribution in [2.45, 2.75) is 32.3 Å². The molecule has 0 aliphatic heterocycles. The van der Waals surface area contributed by atoms with E-state index < -0.39 is 40.5 Å². The van der Waals surface area contributed by atoms with Crippen LogP contribution in [0.1, 0.15) is 45.4 Å². The van der Waals surface area contributed by atoms with Crippen LogP contribution in [-0.4, -0.2) is 36.8 Å². The maximum atomic E-state index is 13.3. The average Bonchev–Trinajstić information content (AvgIpc) is 3.40. The summed E-state index contributed by atoms with van der Waals surface area (Å²) in [5, 5.41) is 4.36. The molecule has 172 valence electrons. The third-order valence-corrected chi connectivity index (χ3v) is 5.80. The van der Waals surface area contributed by atoms with Crippen molar-refractivity contribution in [2.24, 2.45) is 14.1 Å². The maximum Gasteiger partial charge on any atom is 0.359 e. The highest BCUT2D eigenvalue weighted by Crippen LogP contribution is 2.28. The molecule has 1 aromatic carbocycles. The number of rotatable bonds is 5. The Labute approximate surface area is 187 Å². The quantitative estimate of drug-likeness (QED) is 0.447. The molecule has 0 unspecified atom stereocenters. The van der Waals surface area contributed by atoms with Crippen LogP contribution < -0.4 is 17.0 Å². The van der Waals surface area contributed by atoms with E-state index in [1.54, 1.807) is 16.8 Å². The summed E-state index contributed by atoms with van der Waals surface area (Å²) in [7, 11) is 2.55. The molecule has 0 radical (unpaired) electrons. The van der Waals surface area contributed by atoms with Gasteiger partial charge in [0.05, 0.1) is 5.69 Å². The normalized spacial score (nSPS) is 13.6. The highest BCUT2D eigenvalue weighted by Gasteiger charge is 2.32. The van der Waals surface area contributed by atoms with E-state index >= 15 is 0 Å². The number of hydrogen-bond donors (Lipinski definition) is 1. The summed E-state index contributed by atoms with van der Waals surface area (Å²) in [6, 6.07) is 5.71. The summed E-state index contributed by atoms with van der Waals surface area (Å²) in [5.41, 5.74) is 6.04. The lowest BCUT2D eigenvalue weighted by Gasteiger charge is -2.15. The Morgan fingerprint density at radius 3 is 2.45 bits per heavy atom. The van der Waals surface area contributed by atoms with E-state index in [-0.39, 0.29) is 11.5 Å². The van der Waals surface area contributed by atoms with Gasteiger partial charge in [-0.3, -0.25) is 18.7 Å². The first-order chi connectivity index (χ1) is 15.6. The van der Waals surface area contributed by atoms with Gasteiger partial charge in [0.15, 0.2) is 11.8 Å². The first kappa shape index (κ1) is 22.2. The van der Waals surface area contributed by atoms with Gasteiger partial charge >= 0.3 is 11.7 Å². The fourth-order valence-electron chi connectivity index (χ4n) is 3.96. The molecule has 0 bridgehead atoms. The topological polar surface area (TPSA) is 131 Å². The molecule has 0 fully saturated rings. The van der Waals surface area contributed by atoms with Crippen molar-refractivity contribution in [3.8, 4) is 5.69 Å². The highest BCUT2D eigenvalue weighted by atomic mass is 19.1. The molecular formula is C22H22FN5O5. The zero-order chi connectivity index (χ0) is 24.0. The average molecular weight is 455 g/mol. The molecule has 1 aliphatic rings. The molecule has 1 aliphatic carbocycles. The Morgan fingerprint density at radius 2 is 1.79 bits per heavy atom. The number of anilines is 1. The number of Topliss-reactive ketones (excluding diaryl/α,β-unsaturated/α-hetero) is 1. The van der Waals surface area contributed by atoms with E-state index in [4.69, 9.17) is 10.5 Å². The van der Waals surface area contributed by atoms with Gasteiger partial charge in [0.1, 0.15) is 17.2 Å². The van der Waals surface area contributed by atoms with E-state index in [9.17, 15) is 23.6 Å². The lowest BCUT2D eigenvalue weighted by molar-refractivity contribution is 0.0311. The molecule has 2 heterocycles. The SMILES string of the molecule is C[C@@H](OC(=O)c1nn(-c2ccc(F)cc2)c2c1CCC2)C(=O)c1c(N)n(C)c(=O)n(C)c1=O. The summed E-state index contributed by atoms with van der Waals surface area (Å²) in [6.45, 7) is 1.32. The highest BCUT2D eigenvalue weighted by molar-refractivity contribution is 6.04. The number of carbonyl (C=O) groups excluding carboxylic acids is 2. The standard InChI is InChI=1S/C22H22FN5O5/c1-11(18(29)16-19(24)26(2)22(32)27(3)20(16)30)33-21(31)17-14-5-4-6-15(14)28(25-17)13-9-7-12(23)8-10-13/h7-11H,4-6,24H2,1-3H3/t11-/m1/s1. The zero-order valence-electron chi connectivity index (χ0n) is 18.3. The van der Waals surface area contributed by atoms with Crippen LogP contribution in [-0.2, 0) is 31.7 Å². The second-order valence-corrected chi connectivity index (χ2v) is 7.89. The van der Waals surface area contributed by atoms with Gasteiger partial charge in [-0.1, -0.05) is 0 Å². The molecule has 0 saturated heterocycles. The van der Waals surface area contributed by atoms with E-state index in [1.165, 1.54) is 33.2 Å². The van der Waals surface area contributed by atoms with Crippen LogP contribution in [0.5, 0.6) is 0 Å². The minimum atomic E-state index is -1.35. The van der Waals surface area contributed by atoms with Gasteiger partial charge in [0, 0.05) is 25.4 Å². The van der Waals surface area contributed by atoms with Crippen LogP contribution in [0.3, 0.4) is 0 Å². The maximum absolute atomic E-state index is 13.3. The minimum Gasteiger partial charge on any atom is -0.449 e. The van der Waals surface area contributed by atoms with Crippen LogP contribution >= 0.6 is 0 Å². The van der Waals surface area contributed by atoms with Crippen molar-refractivity contribution in [2.75, 3.05) is 5.73 Å².